The Hall–Kier alpha value is -1.05. The van der Waals surface area contributed by atoms with Gasteiger partial charge in [-0.1, -0.05) is 17.8 Å². The molecular weight excluding hydrogens is 170 g/mol. The summed E-state index contributed by atoms with van der Waals surface area (Å²) in [6.45, 7) is 0.510. The van der Waals surface area contributed by atoms with E-state index in [1.165, 1.54) is 11.8 Å². The van der Waals surface area contributed by atoms with E-state index in [1.807, 2.05) is 18.2 Å². The molecule has 0 spiro atoms. The molecule has 4 heteroatoms. The fourth-order valence-electron chi connectivity index (χ4n) is 0.723. The topological polar surface area (TPSA) is 62.7 Å². The van der Waals surface area contributed by atoms with Gasteiger partial charge in [0.15, 0.2) is 0 Å². The number of hydrogen-bond donors (Lipinski definition) is 1. The molecule has 1 aromatic heterocycles. The van der Waals surface area contributed by atoms with Crippen molar-refractivity contribution in [2.24, 2.45) is 5.73 Å². The van der Waals surface area contributed by atoms with Crippen molar-refractivity contribution in [1.82, 2.24) is 4.98 Å². The number of hydrogen-bond acceptors (Lipinski definition) is 4. The summed E-state index contributed by atoms with van der Waals surface area (Å²) in [4.78, 5) is 4.12. The summed E-state index contributed by atoms with van der Waals surface area (Å²) < 4.78 is 0. The Morgan fingerprint density at radius 2 is 2.42 bits per heavy atom. The van der Waals surface area contributed by atoms with E-state index in [0.29, 0.717) is 12.3 Å². The summed E-state index contributed by atoms with van der Waals surface area (Å²) in [5, 5.41) is 9.18. The molecule has 0 unspecified atom stereocenters. The van der Waals surface area contributed by atoms with Crippen LogP contribution in [0.3, 0.4) is 0 Å². The first kappa shape index (κ1) is 9.04. The molecule has 1 aromatic rings. The van der Waals surface area contributed by atoms with Crippen LogP contribution in [0.5, 0.6) is 0 Å². The van der Waals surface area contributed by atoms with Crippen molar-refractivity contribution in [1.29, 1.82) is 5.26 Å². The van der Waals surface area contributed by atoms with Crippen molar-refractivity contribution in [2.75, 3.05) is 5.75 Å². The molecule has 0 aromatic carbocycles. The summed E-state index contributed by atoms with van der Waals surface area (Å²) >= 11 is 1.43. The van der Waals surface area contributed by atoms with Crippen LogP contribution in [0.15, 0.2) is 23.4 Å². The molecule has 0 radical (unpaired) electrons. The van der Waals surface area contributed by atoms with Crippen molar-refractivity contribution in [3.63, 3.8) is 0 Å². The fraction of sp³-hybridized carbons (Fsp3) is 0.250. The summed E-state index contributed by atoms with van der Waals surface area (Å²) in [6, 6.07) is 5.85. The maximum atomic E-state index is 8.31. The van der Waals surface area contributed by atoms with Crippen LogP contribution in [-0.4, -0.2) is 10.7 Å². The molecule has 0 aliphatic rings. The second kappa shape index (κ2) is 4.75. The van der Waals surface area contributed by atoms with Gasteiger partial charge in [-0.15, -0.1) is 0 Å². The average molecular weight is 179 g/mol. The van der Waals surface area contributed by atoms with E-state index in [1.54, 1.807) is 6.20 Å². The van der Waals surface area contributed by atoms with Gasteiger partial charge in [0.2, 0.25) is 0 Å². The Morgan fingerprint density at radius 1 is 1.58 bits per heavy atom. The van der Waals surface area contributed by atoms with Crippen molar-refractivity contribution >= 4 is 11.8 Å². The molecule has 0 saturated carbocycles. The Labute approximate surface area is 75.6 Å². The molecule has 3 nitrogen and oxygen atoms in total. The van der Waals surface area contributed by atoms with Crippen molar-refractivity contribution < 1.29 is 0 Å². The molecule has 0 bridgehead atoms. The molecule has 0 saturated heterocycles. The number of nitrogens with zero attached hydrogens (tertiary/aromatic N) is 2. The Morgan fingerprint density at radius 3 is 2.92 bits per heavy atom. The minimum Gasteiger partial charge on any atom is -0.326 e. The van der Waals surface area contributed by atoms with Crippen LogP contribution in [0.25, 0.3) is 0 Å². The van der Waals surface area contributed by atoms with Crippen molar-refractivity contribution in [3.8, 4) is 6.07 Å². The minimum atomic E-state index is 0.439. The molecule has 1 heterocycles. The third-order valence-corrected chi connectivity index (χ3v) is 2.13. The van der Waals surface area contributed by atoms with E-state index in [0.717, 1.165) is 10.6 Å². The molecule has 62 valence electrons. The van der Waals surface area contributed by atoms with E-state index in [-0.39, 0.29) is 0 Å². The van der Waals surface area contributed by atoms with Crippen molar-refractivity contribution in [2.45, 2.75) is 11.6 Å². The van der Waals surface area contributed by atoms with Gasteiger partial charge in [-0.3, -0.25) is 0 Å². The summed E-state index contributed by atoms with van der Waals surface area (Å²) in [5.74, 6) is 0.439. The zero-order chi connectivity index (χ0) is 8.81. The van der Waals surface area contributed by atoms with E-state index < -0.39 is 0 Å². The van der Waals surface area contributed by atoms with Crippen LogP contribution in [0.2, 0.25) is 0 Å². The third-order valence-electron chi connectivity index (χ3n) is 1.32. The van der Waals surface area contributed by atoms with Gasteiger partial charge in [-0.05, 0) is 11.6 Å². The molecule has 0 amide bonds. The highest BCUT2D eigenvalue weighted by atomic mass is 32.2. The third kappa shape index (κ3) is 2.53. The smallest absolute Gasteiger partial charge is 0.0970 e. The zero-order valence-corrected chi connectivity index (χ0v) is 7.34. The maximum Gasteiger partial charge on any atom is 0.0970 e. The second-order valence-corrected chi connectivity index (χ2v) is 3.15. The van der Waals surface area contributed by atoms with Gasteiger partial charge in [0, 0.05) is 12.7 Å². The number of thioether (sulfide) groups is 1. The van der Waals surface area contributed by atoms with Gasteiger partial charge in [0.1, 0.15) is 0 Å². The van der Waals surface area contributed by atoms with Gasteiger partial charge in [-0.2, -0.15) is 5.26 Å². The van der Waals surface area contributed by atoms with E-state index in [9.17, 15) is 0 Å². The van der Waals surface area contributed by atoms with Crippen LogP contribution >= 0.6 is 11.8 Å². The highest BCUT2D eigenvalue weighted by Gasteiger charge is 1.94. The lowest BCUT2D eigenvalue weighted by atomic mass is 10.3. The van der Waals surface area contributed by atoms with Crippen LogP contribution in [-0.2, 0) is 6.54 Å². The van der Waals surface area contributed by atoms with Gasteiger partial charge >= 0.3 is 0 Å². The van der Waals surface area contributed by atoms with E-state index >= 15 is 0 Å². The molecule has 2 N–H and O–H groups in total. The standard InChI is InChI=1S/C8H9N3S/c9-3-4-12-8-2-1-7(5-10)6-11-8/h1-2,6H,4-5,10H2. The van der Waals surface area contributed by atoms with Crippen LogP contribution in [0.1, 0.15) is 5.56 Å². The Balaban J connectivity index is 2.60. The molecule has 0 atom stereocenters. The normalized spacial score (nSPS) is 9.33. The first-order chi connectivity index (χ1) is 5.86. The first-order valence-electron chi connectivity index (χ1n) is 3.51. The molecule has 12 heavy (non-hydrogen) atoms. The zero-order valence-electron chi connectivity index (χ0n) is 6.53. The molecular formula is C8H9N3S. The van der Waals surface area contributed by atoms with Gasteiger partial charge in [0.05, 0.1) is 16.8 Å². The predicted molar refractivity (Wildman–Crippen MR) is 48.5 cm³/mol. The maximum absolute atomic E-state index is 8.31. The monoisotopic (exact) mass is 179 g/mol. The summed E-state index contributed by atoms with van der Waals surface area (Å²) in [5.41, 5.74) is 6.41. The van der Waals surface area contributed by atoms with Gasteiger partial charge in [0.25, 0.3) is 0 Å². The number of rotatable bonds is 3. The first-order valence-corrected chi connectivity index (χ1v) is 4.50. The second-order valence-electron chi connectivity index (χ2n) is 2.16. The Bertz CT molecular complexity index is 275. The Kier molecular flexibility index (Phi) is 3.58. The highest BCUT2D eigenvalue weighted by molar-refractivity contribution is 7.99. The highest BCUT2D eigenvalue weighted by Crippen LogP contribution is 2.13. The van der Waals surface area contributed by atoms with E-state index in [4.69, 9.17) is 11.0 Å². The van der Waals surface area contributed by atoms with Gasteiger partial charge in [-0.25, -0.2) is 4.98 Å². The number of pyridine rings is 1. The molecule has 0 aliphatic heterocycles. The number of aromatic nitrogens is 1. The van der Waals surface area contributed by atoms with Crippen molar-refractivity contribution in [3.05, 3.63) is 23.9 Å². The average Bonchev–Trinajstić information content (AvgIpc) is 2.15. The lowest BCUT2D eigenvalue weighted by Gasteiger charge is -1.97. The molecule has 1 rings (SSSR count). The largest absolute Gasteiger partial charge is 0.326 e. The lowest BCUT2D eigenvalue weighted by molar-refractivity contribution is 1.01. The molecule has 0 aliphatic carbocycles. The quantitative estimate of drug-likeness (QED) is 0.707. The number of nitrogens with two attached hydrogens (primary N) is 1. The lowest BCUT2D eigenvalue weighted by Crippen LogP contribution is -1.96. The van der Waals surface area contributed by atoms with Crippen LogP contribution in [0, 0.1) is 11.3 Å². The fourth-order valence-corrected chi connectivity index (χ4v) is 1.23. The SMILES string of the molecule is N#CCSc1ccc(CN)cn1. The predicted octanol–water partition coefficient (Wildman–Crippen LogP) is 1.16. The van der Waals surface area contributed by atoms with E-state index in [2.05, 4.69) is 4.98 Å². The summed E-state index contributed by atoms with van der Waals surface area (Å²) in [7, 11) is 0. The van der Waals surface area contributed by atoms with Crippen LogP contribution in [0.4, 0.5) is 0 Å². The number of nitriles is 1. The van der Waals surface area contributed by atoms with Crippen LogP contribution < -0.4 is 5.73 Å². The molecule has 0 fully saturated rings. The minimum absolute atomic E-state index is 0.439. The van der Waals surface area contributed by atoms with Gasteiger partial charge < -0.3 is 5.73 Å². The summed E-state index contributed by atoms with van der Waals surface area (Å²) in [6.07, 6.45) is 1.74.